The van der Waals surface area contributed by atoms with Crippen LogP contribution in [0.1, 0.15) is 16.7 Å². The summed E-state index contributed by atoms with van der Waals surface area (Å²) in [6, 6.07) is 4.14. The average molecular weight is 254 g/mol. The van der Waals surface area contributed by atoms with Crippen LogP contribution in [0.15, 0.2) is 42.5 Å². The lowest BCUT2D eigenvalue weighted by molar-refractivity contribution is -0.132. The van der Waals surface area contributed by atoms with Crippen LogP contribution in [0.4, 0.5) is 0 Å². The van der Waals surface area contributed by atoms with E-state index in [9.17, 15) is 4.79 Å². The molecule has 0 fully saturated rings. The topological polar surface area (TPSA) is 55.1 Å². The monoisotopic (exact) mass is 254 g/mol. The fourth-order valence-corrected chi connectivity index (χ4v) is 2.58. The van der Waals surface area contributed by atoms with Gasteiger partial charge in [0, 0.05) is 30.1 Å². The Morgan fingerprint density at radius 3 is 2.95 bits per heavy atom. The van der Waals surface area contributed by atoms with Gasteiger partial charge in [-0.05, 0) is 36.1 Å². The molecule has 3 rings (SSSR count). The quantitative estimate of drug-likeness (QED) is 0.894. The molecule has 1 aliphatic rings. The van der Waals surface area contributed by atoms with Gasteiger partial charge in [-0.1, -0.05) is 12.1 Å². The van der Waals surface area contributed by atoms with Gasteiger partial charge in [0.15, 0.2) is 0 Å². The van der Waals surface area contributed by atoms with Crippen LogP contribution in [-0.2, 0) is 17.6 Å². The average Bonchev–Trinajstić information content (AvgIpc) is 2.92. The zero-order valence-electron chi connectivity index (χ0n) is 10.6. The number of hydrogen-bond acceptors (Lipinski definition) is 2. The van der Waals surface area contributed by atoms with Gasteiger partial charge >= 0.3 is 5.97 Å². The molecule has 0 spiro atoms. The molecule has 0 aliphatic heterocycles. The maximum absolute atomic E-state index is 11.1. The van der Waals surface area contributed by atoms with Crippen LogP contribution in [0, 0.1) is 6.92 Å². The van der Waals surface area contributed by atoms with E-state index >= 15 is 0 Å². The molecular weight excluding hydrogens is 240 g/mol. The van der Waals surface area contributed by atoms with Crippen LogP contribution in [0.2, 0.25) is 0 Å². The number of carboxylic acid groups (broad SMARTS) is 1. The Morgan fingerprint density at radius 2 is 2.26 bits per heavy atom. The molecular formula is C15H14N2O2. The zero-order chi connectivity index (χ0) is 13.4. The fraction of sp³-hybridized carbons (Fsp3) is 0.200. The molecule has 4 nitrogen and oxygen atoms in total. The molecule has 1 aromatic heterocycles. The number of hydrogen-bond donors (Lipinski definition) is 1. The van der Waals surface area contributed by atoms with Crippen molar-refractivity contribution >= 4 is 5.97 Å². The first kappa shape index (κ1) is 11.7. The molecule has 0 saturated heterocycles. The Kier molecular flexibility index (Phi) is 2.71. The minimum absolute atomic E-state index is 0.485. The van der Waals surface area contributed by atoms with Crippen LogP contribution >= 0.6 is 0 Å². The summed E-state index contributed by atoms with van der Waals surface area (Å²) in [5, 5.41) is 9.12. The highest BCUT2D eigenvalue weighted by Gasteiger charge is 2.19. The number of carbonyl (C=O) groups is 1. The molecule has 0 bridgehead atoms. The third-order valence-corrected chi connectivity index (χ3v) is 3.66. The van der Waals surface area contributed by atoms with Crippen molar-refractivity contribution in [3.05, 3.63) is 59.2 Å². The molecule has 19 heavy (non-hydrogen) atoms. The highest BCUT2D eigenvalue weighted by atomic mass is 16.4. The standard InChI is InChI=1S/C15H14N2O2/c1-10-13-8-12(15(18)19)3-2-11(13)4-5-14(10)17-7-6-16-9-17/h3-7,9H,2,8H2,1H3,(H,18,19). The first-order chi connectivity index (χ1) is 9.16. The van der Waals surface area contributed by atoms with Crippen molar-refractivity contribution in [2.24, 2.45) is 0 Å². The number of carboxylic acids is 1. The van der Waals surface area contributed by atoms with Crippen molar-refractivity contribution in [1.82, 2.24) is 9.55 Å². The molecule has 0 saturated carbocycles. The van der Waals surface area contributed by atoms with E-state index in [2.05, 4.69) is 17.1 Å². The predicted octanol–water partition coefficient (Wildman–Crippen LogP) is 2.29. The van der Waals surface area contributed by atoms with Crippen LogP contribution < -0.4 is 0 Å². The summed E-state index contributed by atoms with van der Waals surface area (Å²) in [6.45, 7) is 2.04. The number of benzene rings is 1. The number of imidazole rings is 1. The third-order valence-electron chi connectivity index (χ3n) is 3.66. The van der Waals surface area contributed by atoms with Gasteiger partial charge in [0.2, 0.25) is 0 Å². The van der Waals surface area contributed by atoms with Crippen LogP contribution in [0.3, 0.4) is 0 Å². The molecule has 0 atom stereocenters. The van der Waals surface area contributed by atoms with Gasteiger partial charge in [-0.2, -0.15) is 0 Å². The number of fused-ring (bicyclic) bond motifs is 1. The molecule has 1 aromatic carbocycles. The van der Waals surface area contributed by atoms with E-state index in [-0.39, 0.29) is 0 Å². The lowest BCUT2D eigenvalue weighted by Gasteiger charge is -2.20. The maximum Gasteiger partial charge on any atom is 0.331 e. The highest BCUT2D eigenvalue weighted by molar-refractivity contribution is 5.88. The van der Waals surface area contributed by atoms with Crippen molar-refractivity contribution in [1.29, 1.82) is 0 Å². The van der Waals surface area contributed by atoms with Crippen molar-refractivity contribution in [3.8, 4) is 5.69 Å². The first-order valence-corrected chi connectivity index (χ1v) is 6.19. The zero-order valence-corrected chi connectivity index (χ0v) is 10.6. The number of aromatic nitrogens is 2. The Balaban J connectivity index is 2.08. The summed E-state index contributed by atoms with van der Waals surface area (Å²) < 4.78 is 1.95. The predicted molar refractivity (Wildman–Crippen MR) is 71.4 cm³/mol. The Labute approximate surface area is 111 Å². The second kappa shape index (κ2) is 4.39. The summed E-state index contributed by atoms with van der Waals surface area (Å²) in [6.07, 6.45) is 8.39. The molecule has 96 valence electrons. The summed E-state index contributed by atoms with van der Waals surface area (Å²) in [5.41, 5.74) is 5.01. The number of aliphatic carboxylic acids is 1. The van der Waals surface area contributed by atoms with Crippen molar-refractivity contribution in [2.75, 3.05) is 0 Å². The second-order valence-electron chi connectivity index (χ2n) is 4.73. The van der Waals surface area contributed by atoms with Crippen molar-refractivity contribution < 1.29 is 9.90 Å². The van der Waals surface area contributed by atoms with Crippen LogP contribution in [0.25, 0.3) is 5.69 Å². The van der Waals surface area contributed by atoms with Gasteiger partial charge in [0.25, 0.3) is 0 Å². The van der Waals surface area contributed by atoms with E-state index in [4.69, 9.17) is 5.11 Å². The highest BCUT2D eigenvalue weighted by Crippen LogP contribution is 2.28. The van der Waals surface area contributed by atoms with Gasteiger partial charge in [-0.3, -0.25) is 0 Å². The summed E-state index contributed by atoms with van der Waals surface area (Å²) in [7, 11) is 0. The van der Waals surface area contributed by atoms with Gasteiger partial charge in [-0.25, -0.2) is 9.78 Å². The van der Waals surface area contributed by atoms with E-state index in [1.54, 1.807) is 18.6 Å². The lowest BCUT2D eigenvalue weighted by atomic mass is 9.87. The minimum Gasteiger partial charge on any atom is -0.478 e. The minimum atomic E-state index is -0.821. The molecule has 1 N–H and O–H groups in total. The van der Waals surface area contributed by atoms with Crippen LogP contribution in [-0.4, -0.2) is 20.6 Å². The summed E-state index contributed by atoms with van der Waals surface area (Å²) in [4.78, 5) is 15.2. The van der Waals surface area contributed by atoms with E-state index < -0.39 is 5.97 Å². The number of rotatable bonds is 2. The molecule has 1 heterocycles. The van der Waals surface area contributed by atoms with Crippen molar-refractivity contribution in [2.45, 2.75) is 19.8 Å². The van der Waals surface area contributed by atoms with Gasteiger partial charge < -0.3 is 9.67 Å². The SMILES string of the molecule is Cc1c(-n2ccnc2)ccc2c1CC(C(=O)O)=CC2. The summed E-state index contributed by atoms with van der Waals surface area (Å²) in [5.74, 6) is -0.821. The molecule has 0 unspecified atom stereocenters. The van der Waals surface area contributed by atoms with Gasteiger partial charge in [0.05, 0.1) is 6.33 Å². The van der Waals surface area contributed by atoms with Gasteiger partial charge in [-0.15, -0.1) is 0 Å². The van der Waals surface area contributed by atoms with Crippen molar-refractivity contribution in [3.63, 3.8) is 0 Å². The Bertz CT molecular complexity index is 670. The number of allylic oxidation sites excluding steroid dienone is 1. The largest absolute Gasteiger partial charge is 0.478 e. The molecule has 0 radical (unpaired) electrons. The second-order valence-corrected chi connectivity index (χ2v) is 4.73. The first-order valence-electron chi connectivity index (χ1n) is 6.19. The van der Waals surface area contributed by atoms with E-state index in [0.29, 0.717) is 18.4 Å². The van der Waals surface area contributed by atoms with E-state index in [1.807, 2.05) is 17.7 Å². The molecule has 4 heteroatoms. The normalized spacial score (nSPS) is 13.8. The summed E-state index contributed by atoms with van der Waals surface area (Å²) >= 11 is 0. The maximum atomic E-state index is 11.1. The van der Waals surface area contributed by atoms with Gasteiger partial charge in [0.1, 0.15) is 0 Å². The lowest BCUT2D eigenvalue weighted by Crippen LogP contribution is -2.13. The Morgan fingerprint density at radius 1 is 1.42 bits per heavy atom. The smallest absolute Gasteiger partial charge is 0.331 e. The van der Waals surface area contributed by atoms with E-state index in [1.165, 1.54) is 5.56 Å². The number of nitrogens with zero attached hydrogens (tertiary/aromatic N) is 2. The van der Waals surface area contributed by atoms with E-state index in [0.717, 1.165) is 16.8 Å². The molecule has 2 aromatic rings. The Hall–Kier alpha value is -2.36. The molecule has 0 amide bonds. The molecule has 1 aliphatic carbocycles. The van der Waals surface area contributed by atoms with Crippen LogP contribution in [0.5, 0.6) is 0 Å². The fourth-order valence-electron chi connectivity index (χ4n) is 2.58. The third kappa shape index (κ3) is 1.95.